The van der Waals surface area contributed by atoms with Crippen LogP contribution in [0.3, 0.4) is 0 Å². The van der Waals surface area contributed by atoms with Crippen LogP contribution >= 0.6 is 0 Å². The highest BCUT2D eigenvalue weighted by Gasteiger charge is 2.07. The minimum Gasteiger partial charge on any atom is -0.497 e. The molecular weight excluding hydrogens is 250 g/mol. The molecule has 0 unspecified atom stereocenters. The van der Waals surface area contributed by atoms with E-state index in [0.29, 0.717) is 18.2 Å². The highest BCUT2D eigenvalue weighted by molar-refractivity contribution is 5.47. The predicted molar refractivity (Wildman–Crippen MR) is 82.3 cm³/mol. The molecule has 2 aromatic rings. The minimum atomic E-state index is 0.432. The van der Waals surface area contributed by atoms with Crippen molar-refractivity contribution in [2.75, 3.05) is 12.8 Å². The zero-order chi connectivity index (χ0) is 14.5. The van der Waals surface area contributed by atoms with Crippen molar-refractivity contribution in [3.8, 4) is 11.5 Å². The molecule has 0 fully saturated rings. The maximum atomic E-state index is 5.93. The van der Waals surface area contributed by atoms with Gasteiger partial charge in [-0.1, -0.05) is 32.0 Å². The second-order valence-electron chi connectivity index (χ2n) is 5.10. The number of rotatable bonds is 5. The standard InChI is InChI=1S/C17H21NO2/c1-12(2)16-6-4-5-7-17(16)20-11-13-8-14(18)10-15(9-13)19-3/h4-10,12H,11,18H2,1-3H3. The summed E-state index contributed by atoms with van der Waals surface area (Å²) in [6.45, 7) is 4.79. The van der Waals surface area contributed by atoms with Crippen LogP contribution in [0.15, 0.2) is 42.5 Å². The van der Waals surface area contributed by atoms with E-state index in [4.69, 9.17) is 15.2 Å². The largest absolute Gasteiger partial charge is 0.497 e. The summed E-state index contributed by atoms with van der Waals surface area (Å²) >= 11 is 0. The molecule has 0 aromatic heterocycles. The van der Waals surface area contributed by atoms with Crippen LogP contribution in [0.2, 0.25) is 0 Å². The Kier molecular flexibility index (Phi) is 4.51. The fraction of sp³-hybridized carbons (Fsp3) is 0.294. The SMILES string of the molecule is COc1cc(N)cc(COc2ccccc2C(C)C)c1. The average molecular weight is 271 g/mol. The molecule has 0 saturated heterocycles. The van der Waals surface area contributed by atoms with E-state index < -0.39 is 0 Å². The number of benzene rings is 2. The Morgan fingerprint density at radius 1 is 1.10 bits per heavy atom. The molecule has 106 valence electrons. The van der Waals surface area contributed by atoms with E-state index >= 15 is 0 Å². The van der Waals surface area contributed by atoms with Gasteiger partial charge in [0.15, 0.2) is 0 Å². The molecule has 3 heteroatoms. The number of nitrogens with two attached hydrogens (primary N) is 1. The Labute approximate surface area is 120 Å². The highest BCUT2D eigenvalue weighted by atomic mass is 16.5. The van der Waals surface area contributed by atoms with Crippen LogP contribution in [0.4, 0.5) is 5.69 Å². The van der Waals surface area contributed by atoms with Crippen LogP contribution in [0.25, 0.3) is 0 Å². The van der Waals surface area contributed by atoms with Gasteiger partial charge in [-0.25, -0.2) is 0 Å². The van der Waals surface area contributed by atoms with Crippen molar-refractivity contribution in [3.63, 3.8) is 0 Å². The average Bonchev–Trinajstić information content (AvgIpc) is 2.44. The van der Waals surface area contributed by atoms with Gasteiger partial charge in [0.2, 0.25) is 0 Å². The lowest BCUT2D eigenvalue weighted by molar-refractivity contribution is 0.301. The number of nitrogen functional groups attached to an aromatic ring is 1. The third-order valence-electron chi connectivity index (χ3n) is 3.16. The third kappa shape index (κ3) is 3.44. The van der Waals surface area contributed by atoms with E-state index in [2.05, 4.69) is 19.9 Å². The maximum absolute atomic E-state index is 5.93. The molecule has 0 amide bonds. The first-order valence-corrected chi connectivity index (χ1v) is 6.75. The van der Waals surface area contributed by atoms with Crippen LogP contribution in [0.5, 0.6) is 11.5 Å². The van der Waals surface area contributed by atoms with Crippen molar-refractivity contribution >= 4 is 5.69 Å². The molecule has 0 aliphatic heterocycles. The van der Waals surface area contributed by atoms with Crippen molar-refractivity contribution in [2.45, 2.75) is 26.4 Å². The summed E-state index contributed by atoms with van der Waals surface area (Å²) in [4.78, 5) is 0. The molecule has 0 spiro atoms. The predicted octanol–water partition coefficient (Wildman–Crippen LogP) is 3.98. The number of hydrogen-bond acceptors (Lipinski definition) is 3. The van der Waals surface area contributed by atoms with Gasteiger partial charge >= 0.3 is 0 Å². The molecule has 0 bridgehead atoms. The van der Waals surface area contributed by atoms with Crippen LogP contribution in [-0.4, -0.2) is 7.11 Å². The van der Waals surface area contributed by atoms with Gasteiger partial charge in [0, 0.05) is 11.8 Å². The molecule has 20 heavy (non-hydrogen) atoms. The van der Waals surface area contributed by atoms with Gasteiger partial charge in [-0.05, 0) is 35.2 Å². The Morgan fingerprint density at radius 2 is 1.85 bits per heavy atom. The van der Waals surface area contributed by atoms with E-state index in [1.807, 2.05) is 30.3 Å². The topological polar surface area (TPSA) is 44.5 Å². The van der Waals surface area contributed by atoms with E-state index in [1.54, 1.807) is 13.2 Å². The van der Waals surface area contributed by atoms with Gasteiger partial charge in [0.05, 0.1) is 7.11 Å². The first-order valence-electron chi connectivity index (χ1n) is 6.75. The maximum Gasteiger partial charge on any atom is 0.123 e. The zero-order valence-corrected chi connectivity index (χ0v) is 12.2. The molecule has 2 aromatic carbocycles. The molecule has 3 nitrogen and oxygen atoms in total. The lowest BCUT2D eigenvalue weighted by Gasteiger charge is -2.14. The van der Waals surface area contributed by atoms with Crippen LogP contribution in [0, 0.1) is 0 Å². The van der Waals surface area contributed by atoms with Crippen molar-refractivity contribution in [2.24, 2.45) is 0 Å². The fourth-order valence-electron chi connectivity index (χ4n) is 2.14. The Morgan fingerprint density at radius 3 is 2.55 bits per heavy atom. The normalized spacial score (nSPS) is 10.6. The number of para-hydroxylation sites is 1. The number of anilines is 1. The summed E-state index contributed by atoms with van der Waals surface area (Å²) in [5.41, 5.74) is 8.74. The van der Waals surface area contributed by atoms with Gasteiger partial charge in [-0.15, -0.1) is 0 Å². The van der Waals surface area contributed by atoms with E-state index in [0.717, 1.165) is 17.1 Å². The molecule has 2 rings (SSSR count). The lowest BCUT2D eigenvalue weighted by Crippen LogP contribution is -2.01. The zero-order valence-electron chi connectivity index (χ0n) is 12.2. The van der Waals surface area contributed by atoms with E-state index in [-0.39, 0.29) is 0 Å². The smallest absolute Gasteiger partial charge is 0.123 e. The van der Waals surface area contributed by atoms with Crippen molar-refractivity contribution in [1.29, 1.82) is 0 Å². The van der Waals surface area contributed by atoms with Gasteiger partial charge in [-0.2, -0.15) is 0 Å². The van der Waals surface area contributed by atoms with Gasteiger partial charge in [0.25, 0.3) is 0 Å². The second-order valence-corrected chi connectivity index (χ2v) is 5.10. The van der Waals surface area contributed by atoms with E-state index in [9.17, 15) is 0 Å². The van der Waals surface area contributed by atoms with Gasteiger partial charge in [0.1, 0.15) is 18.1 Å². The monoisotopic (exact) mass is 271 g/mol. The molecule has 0 radical (unpaired) electrons. The lowest BCUT2D eigenvalue weighted by atomic mass is 10.0. The molecule has 0 atom stereocenters. The van der Waals surface area contributed by atoms with Crippen molar-refractivity contribution in [3.05, 3.63) is 53.6 Å². The summed E-state index contributed by atoms with van der Waals surface area (Å²) in [7, 11) is 1.63. The molecule has 2 N–H and O–H groups in total. The van der Waals surface area contributed by atoms with Crippen LogP contribution in [0.1, 0.15) is 30.9 Å². The third-order valence-corrected chi connectivity index (χ3v) is 3.16. The number of hydrogen-bond donors (Lipinski definition) is 1. The van der Waals surface area contributed by atoms with Crippen molar-refractivity contribution < 1.29 is 9.47 Å². The summed E-state index contributed by atoms with van der Waals surface area (Å²) in [5, 5.41) is 0. The Balaban J connectivity index is 2.15. The van der Waals surface area contributed by atoms with Gasteiger partial charge < -0.3 is 15.2 Å². The van der Waals surface area contributed by atoms with Gasteiger partial charge in [-0.3, -0.25) is 0 Å². The molecule has 0 aliphatic carbocycles. The van der Waals surface area contributed by atoms with Crippen molar-refractivity contribution in [1.82, 2.24) is 0 Å². The number of methoxy groups -OCH3 is 1. The number of ether oxygens (including phenoxy) is 2. The van der Waals surface area contributed by atoms with E-state index in [1.165, 1.54) is 5.56 Å². The second kappa shape index (κ2) is 6.33. The first-order chi connectivity index (χ1) is 9.60. The minimum absolute atomic E-state index is 0.432. The molecule has 0 heterocycles. The molecule has 0 saturated carbocycles. The quantitative estimate of drug-likeness (QED) is 0.836. The summed E-state index contributed by atoms with van der Waals surface area (Å²) in [6.07, 6.45) is 0. The summed E-state index contributed by atoms with van der Waals surface area (Å²) in [5.74, 6) is 2.10. The first kappa shape index (κ1) is 14.3. The Hall–Kier alpha value is -2.16. The molecule has 0 aliphatic rings. The van der Waals surface area contributed by atoms with Crippen LogP contribution < -0.4 is 15.2 Å². The summed E-state index contributed by atoms with van der Waals surface area (Å²) < 4.78 is 11.1. The molecular formula is C17H21NO2. The van der Waals surface area contributed by atoms with Crippen LogP contribution in [-0.2, 0) is 6.61 Å². The summed E-state index contributed by atoms with van der Waals surface area (Å²) in [6, 6.07) is 13.8. The fourth-order valence-corrected chi connectivity index (χ4v) is 2.14. The highest BCUT2D eigenvalue weighted by Crippen LogP contribution is 2.27. The Bertz CT molecular complexity index is 579.